The Kier molecular flexibility index (Phi) is 12.1. The van der Waals surface area contributed by atoms with Gasteiger partial charge < -0.3 is 29.7 Å². The number of carbonyl (C=O) groups excluding carboxylic acids is 4. The summed E-state index contributed by atoms with van der Waals surface area (Å²) in [5, 5.41) is 15.8. The lowest BCUT2D eigenvalue weighted by Crippen LogP contribution is -2.60. The van der Waals surface area contributed by atoms with Crippen molar-refractivity contribution in [3.63, 3.8) is 0 Å². The number of hydrogen-bond acceptors (Lipinski definition) is 7. The predicted molar refractivity (Wildman–Crippen MR) is 212 cm³/mol. The summed E-state index contributed by atoms with van der Waals surface area (Å²) in [6.07, 6.45) is 3.35. The van der Waals surface area contributed by atoms with E-state index in [0.29, 0.717) is 30.5 Å². The first kappa shape index (κ1) is 39.4. The van der Waals surface area contributed by atoms with Gasteiger partial charge in [-0.1, -0.05) is 109 Å². The molecule has 0 saturated carbocycles. The zero-order chi connectivity index (χ0) is 38.7. The van der Waals surface area contributed by atoms with E-state index in [9.17, 15) is 14.7 Å². The second-order valence-electron chi connectivity index (χ2n) is 14.8. The molecule has 11 heteroatoms. The Morgan fingerprint density at radius 2 is 1.78 bits per heavy atom. The monoisotopic (exact) mass is 799 g/mol. The molecule has 3 aliphatic rings. The number of likely N-dealkylation sites (tertiary alicyclic amines) is 1. The number of benzene rings is 3. The molecule has 286 valence electrons. The van der Waals surface area contributed by atoms with Gasteiger partial charge >= 0.3 is 5.97 Å². The third kappa shape index (κ3) is 7.13. The molecule has 3 amide bonds. The van der Waals surface area contributed by atoms with Gasteiger partial charge in [0.2, 0.25) is 11.8 Å². The maximum Gasteiger partial charge on any atom is 0.313 e. The minimum Gasteiger partial charge on any atom is -0.455 e. The Morgan fingerprint density at radius 1 is 1.07 bits per heavy atom. The van der Waals surface area contributed by atoms with Crippen LogP contribution in [0.3, 0.4) is 0 Å². The van der Waals surface area contributed by atoms with Crippen molar-refractivity contribution < 1.29 is 33.8 Å². The predicted octanol–water partition coefficient (Wildman–Crippen LogP) is 6.27. The third-order valence-electron chi connectivity index (χ3n) is 11.5. The zero-order valence-electron chi connectivity index (χ0n) is 31.1. The fourth-order valence-corrected chi connectivity index (χ4v) is 9.61. The molecule has 10 nitrogen and oxygen atoms in total. The molecular weight excluding hydrogens is 750 g/mol. The highest BCUT2D eigenvalue weighted by molar-refractivity contribution is 9.09. The first-order chi connectivity index (χ1) is 26.0. The number of nitrogens with one attached hydrogen (secondary N) is 1. The van der Waals surface area contributed by atoms with Crippen LogP contribution in [0, 0.1) is 17.8 Å². The average Bonchev–Trinajstić information content (AvgIpc) is 3.78. The van der Waals surface area contributed by atoms with Crippen LogP contribution in [0.4, 0.5) is 5.69 Å². The van der Waals surface area contributed by atoms with Crippen LogP contribution in [0.25, 0.3) is 10.8 Å². The number of ether oxygens (including phenoxy) is 2. The number of hydrogen-bond donors (Lipinski definition) is 2. The minimum absolute atomic E-state index is 0.158. The van der Waals surface area contributed by atoms with E-state index in [0.717, 1.165) is 10.8 Å². The van der Waals surface area contributed by atoms with Crippen molar-refractivity contribution in [2.75, 3.05) is 18.1 Å². The number of nitrogens with zero attached hydrogens (tertiary/aromatic N) is 2. The molecule has 3 aromatic carbocycles. The Labute approximate surface area is 325 Å². The number of allylic oxidation sites excluding steroid dienone is 1. The largest absolute Gasteiger partial charge is 0.455 e. The number of amides is 3. The number of esters is 1. The summed E-state index contributed by atoms with van der Waals surface area (Å²) in [5.41, 5.74) is -0.0825. The number of aliphatic hydroxyl groups excluding tert-OH is 1. The number of fused-ring (bicyclic) bond motifs is 2. The van der Waals surface area contributed by atoms with Gasteiger partial charge in [0.05, 0.1) is 36.6 Å². The topological polar surface area (TPSA) is 125 Å². The number of halogens is 1. The minimum atomic E-state index is -1.39. The normalized spacial score (nSPS) is 26.4. The summed E-state index contributed by atoms with van der Waals surface area (Å²) in [5.74, 6) is -3.94. The lowest BCUT2D eigenvalue weighted by molar-refractivity contribution is -0.162. The highest BCUT2D eigenvalue weighted by Crippen LogP contribution is 2.61. The quantitative estimate of drug-likeness (QED) is 0.0995. The van der Waals surface area contributed by atoms with Crippen LogP contribution in [0.2, 0.25) is 0 Å². The highest BCUT2D eigenvalue weighted by atomic mass is 79.9. The van der Waals surface area contributed by atoms with Gasteiger partial charge in [-0.05, 0) is 54.2 Å². The summed E-state index contributed by atoms with van der Waals surface area (Å²) >= 11 is 3.77. The van der Waals surface area contributed by atoms with E-state index in [-0.39, 0.29) is 42.1 Å². The van der Waals surface area contributed by atoms with E-state index < -0.39 is 59.6 Å². The first-order valence-corrected chi connectivity index (χ1v) is 19.7. The van der Waals surface area contributed by atoms with Gasteiger partial charge in [-0.2, -0.15) is 0 Å². The van der Waals surface area contributed by atoms with E-state index in [2.05, 4.69) is 34.4 Å². The van der Waals surface area contributed by atoms with Crippen LogP contribution in [0.5, 0.6) is 0 Å². The molecule has 2 N–H and O–H groups in total. The first-order valence-electron chi connectivity index (χ1n) is 18.8. The van der Waals surface area contributed by atoms with Crippen LogP contribution in [0.1, 0.15) is 58.1 Å². The molecule has 3 fully saturated rings. The smallest absolute Gasteiger partial charge is 0.313 e. The second-order valence-corrected chi connectivity index (χ2v) is 15.9. The number of alkyl halides is 1. The fourth-order valence-electron chi connectivity index (χ4n) is 8.67. The van der Waals surface area contributed by atoms with Crippen molar-refractivity contribution in [3.8, 4) is 0 Å². The molecule has 1 unspecified atom stereocenters. The van der Waals surface area contributed by atoms with Crippen LogP contribution < -0.4 is 10.2 Å². The van der Waals surface area contributed by atoms with E-state index in [4.69, 9.17) is 9.47 Å². The van der Waals surface area contributed by atoms with Crippen molar-refractivity contribution in [2.24, 2.45) is 17.8 Å². The van der Waals surface area contributed by atoms with Gasteiger partial charge in [0.15, 0.2) is 0 Å². The summed E-state index contributed by atoms with van der Waals surface area (Å²) in [7, 11) is 0. The molecule has 3 heterocycles. The summed E-state index contributed by atoms with van der Waals surface area (Å²) in [4.78, 5) is 60.4. The lowest BCUT2D eigenvalue weighted by Gasteiger charge is -2.41. The number of carbonyl (C=O) groups is 4. The molecule has 54 heavy (non-hydrogen) atoms. The van der Waals surface area contributed by atoms with Crippen LogP contribution >= 0.6 is 15.9 Å². The molecule has 0 aromatic heterocycles. The van der Waals surface area contributed by atoms with Crippen LogP contribution in [-0.2, 0) is 28.7 Å². The maximum atomic E-state index is 15.2. The van der Waals surface area contributed by atoms with Gasteiger partial charge in [0, 0.05) is 23.5 Å². The Balaban J connectivity index is 1.40. The summed E-state index contributed by atoms with van der Waals surface area (Å²) in [6.45, 7) is 13.1. The molecule has 2 bridgehead atoms. The van der Waals surface area contributed by atoms with Gasteiger partial charge in [-0.3, -0.25) is 19.2 Å². The van der Waals surface area contributed by atoms with E-state index in [1.54, 1.807) is 24.0 Å². The lowest BCUT2D eigenvalue weighted by atomic mass is 9.70. The molecular formula is C43H50BrN3O7. The molecule has 0 radical (unpaired) electrons. The Bertz CT molecular complexity index is 1890. The molecule has 3 aliphatic heterocycles. The van der Waals surface area contributed by atoms with Gasteiger partial charge in [-0.25, -0.2) is 0 Å². The Hall–Kier alpha value is -4.32. The fraction of sp³-hybridized carbons (Fsp3) is 0.442. The average molecular weight is 801 g/mol. The standard InChI is InChI=1S/C43H50BrN3O7/c1-6-9-19-34(49)45-27(5)37(29-16-11-10-12-17-29)53-42(52)35-36-40(50)47(33(25-48)26(4)8-3)39(43(36)24-32(44)38(35)54-43)41(51)46(22-7-2)31-21-20-28-15-13-14-18-30(28)23-31/h6-7,10-18,20-21,23,26-27,32-33,35-39,48H,1-2,8-9,19,22,24-25H2,3-5H3,(H,45,49)/t26-,27+,32?,33-,35+,36-,37+,38+,39+,43-/m0/s1. The summed E-state index contributed by atoms with van der Waals surface area (Å²) < 4.78 is 13.1. The zero-order valence-corrected chi connectivity index (χ0v) is 32.7. The Morgan fingerprint density at radius 3 is 2.44 bits per heavy atom. The molecule has 6 rings (SSSR count). The van der Waals surface area contributed by atoms with Crippen LogP contribution in [-0.4, -0.2) is 81.5 Å². The van der Waals surface area contributed by atoms with Crippen molar-refractivity contribution in [1.29, 1.82) is 0 Å². The number of aliphatic hydroxyl groups is 1. The summed E-state index contributed by atoms with van der Waals surface area (Å²) in [6, 6.07) is 20.3. The number of anilines is 1. The van der Waals surface area contributed by atoms with Crippen molar-refractivity contribution in [1.82, 2.24) is 10.2 Å². The van der Waals surface area contributed by atoms with Crippen molar-refractivity contribution >= 4 is 56.1 Å². The molecule has 10 atom stereocenters. The molecule has 3 aromatic rings. The van der Waals surface area contributed by atoms with E-state index in [1.807, 2.05) is 86.6 Å². The second kappa shape index (κ2) is 16.6. The van der Waals surface area contributed by atoms with Gasteiger partial charge in [0.1, 0.15) is 17.7 Å². The molecule has 0 aliphatic carbocycles. The van der Waals surface area contributed by atoms with E-state index >= 15 is 9.59 Å². The van der Waals surface area contributed by atoms with E-state index in [1.165, 1.54) is 4.90 Å². The van der Waals surface area contributed by atoms with Gasteiger partial charge in [-0.15, -0.1) is 13.2 Å². The number of rotatable bonds is 16. The maximum absolute atomic E-state index is 15.2. The third-order valence-corrected chi connectivity index (χ3v) is 12.3. The molecule has 1 spiro atoms. The van der Waals surface area contributed by atoms with Crippen LogP contribution in [0.15, 0.2) is 98.1 Å². The van der Waals surface area contributed by atoms with Gasteiger partial charge in [0.25, 0.3) is 5.91 Å². The molecule has 3 saturated heterocycles. The SMILES string of the molecule is C=CCCC(=O)N[C@H](C)[C@@H](OC(=O)[C@H]1[C@@H]2O[C@@]3(CC2Br)[C@@H]1C(=O)N([C@@H](CO)[C@@H](C)CC)[C@@H]3C(=O)N(CC=C)c1ccc2ccccc2c1)c1ccccc1. The highest BCUT2D eigenvalue weighted by Gasteiger charge is 2.78. The van der Waals surface area contributed by atoms with Crippen molar-refractivity contribution in [2.45, 2.75) is 87.2 Å². The van der Waals surface area contributed by atoms with Crippen molar-refractivity contribution in [3.05, 3.63) is 104 Å².